The van der Waals surface area contributed by atoms with E-state index in [2.05, 4.69) is 10.6 Å². The number of aliphatic hydroxyl groups is 1. The van der Waals surface area contributed by atoms with Crippen molar-refractivity contribution in [3.63, 3.8) is 0 Å². The summed E-state index contributed by atoms with van der Waals surface area (Å²) in [5, 5.41) is 21.2. The maximum absolute atomic E-state index is 11.0. The van der Waals surface area contributed by atoms with Crippen LogP contribution >= 0.6 is 0 Å². The maximum atomic E-state index is 11.0. The molecule has 0 aromatic heterocycles. The minimum absolute atomic E-state index is 0.112. The highest BCUT2D eigenvalue weighted by Crippen LogP contribution is 1.90. The first kappa shape index (κ1) is 13.2. The Balaban J connectivity index is 3.99. The fourth-order valence-corrected chi connectivity index (χ4v) is 0.763. The Labute approximate surface area is 85.4 Å². The van der Waals surface area contributed by atoms with Gasteiger partial charge in [-0.25, -0.2) is 9.59 Å². The number of carbonyl (C=O) groups excluding carboxylic acids is 2. The van der Waals surface area contributed by atoms with E-state index < -0.39 is 23.9 Å². The first-order valence-electron chi connectivity index (χ1n) is 4.13. The molecule has 0 rings (SSSR count). The number of nitrogens with two attached hydrogens (primary N) is 1. The predicted molar refractivity (Wildman–Crippen MR) is 48.9 cm³/mol. The van der Waals surface area contributed by atoms with Crippen LogP contribution in [0.5, 0.6) is 0 Å². The van der Waals surface area contributed by atoms with Gasteiger partial charge in [-0.2, -0.15) is 0 Å². The molecule has 0 aliphatic heterocycles. The van der Waals surface area contributed by atoms with Crippen molar-refractivity contribution in [1.82, 2.24) is 10.6 Å². The highest BCUT2D eigenvalue weighted by atomic mass is 16.4. The van der Waals surface area contributed by atoms with Crippen LogP contribution in [0, 0.1) is 0 Å². The van der Waals surface area contributed by atoms with E-state index in [1.165, 1.54) is 0 Å². The van der Waals surface area contributed by atoms with Crippen LogP contribution in [-0.2, 0) is 9.59 Å². The number of hydrogen-bond acceptors (Lipinski definition) is 4. The van der Waals surface area contributed by atoms with E-state index in [0.717, 1.165) is 0 Å². The normalized spacial score (nSPS) is 11.5. The summed E-state index contributed by atoms with van der Waals surface area (Å²) in [5.41, 5.74) is 4.75. The van der Waals surface area contributed by atoms with Crippen molar-refractivity contribution in [3.05, 3.63) is 0 Å². The molecule has 0 aliphatic carbocycles. The Morgan fingerprint density at radius 2 is 1.93 bits per heavy atom. The van der Waals surface area contributed by atoms with Gasteiger partial charge in [-0.05, 0) is 0 Å². The van der Waals surface area contributed by atoms with Crippen LogP contribution in [0.4, 0.5) is 4.79 Å². The van der Waals surface area contributed by atoms with Crippen LogP contribution in [-0.4, -0.2) is 47.3 Å². The molecule has 0 aromatic rings. The summed E-state index contributed by atoms with van der Waals surface area (Å²) in [6, 6.07) is -2.02. The van der Waals surface area contributed by atoms with Crippen LogP contribution in [0.25, 0.3) is 0 Å². The topological polar surface area (TPSA) is 142 Å². The van der Waals surface area contributed by atoms with Crippen molar-refractivity contribution in [2.75, 3.05) is 13.2 Å². The number of urea groups is 1. The number of amides is 3. The first-order valence-corrected chi connectivity index (χ1v) is 4.13. The van der Waals surface area contributed by atoms with Crippen molar-refractivity contribution < 1.29 is 24.6 Å². The van der Waals surface area contributed by atoms with E-state index in [9.17, 15) is 14.4 Å². The molecule has 6 N–H and O–H groups in total. The Bertz CT molecular complexity index is 255. The number of carboxylic acid groups (broad SMARTS) is 1. The molecule has 15 heavy (non-hydrogen) atoms. The summed E-state index contributed by atoms with van der Waals surface area (Å²) in [5.74, 6) is -2.00. The van der Waals surface area contributed by atoms with E-state index in [1.54, 1.807) is 0 Å². The molecule has 8 nitrogen and oxygen atoms in total. The molecule has 0 spiro atoms. The van der Waals surface area contributed by atoms with Gasteiger partial charge >= 0.3 is 12.0 Å². The van der Waals surface area contributed by atoms with Gasteiger partial charge in [-0.1, -0.05) is 0 Å². The monoisotopic (exact) mass is 219 g/mol. The van der Waals surface area contributed by atoms with E-state index in [1.807, 2.05) is 0 Å². The predicted octanol–water partition coefficient (Wildman–Crippen LogP) is -2.39. The van der Waals surface area contributed by atoms with E-state index in [-0.39, 0.29) is 19.6 Å². The minimum Gasteiger partial charge on any atom is -0.480 e. The number of hydrogen-bond donors (Lipinski definition) is 5. The molecule has 0 unspecified atom stereocenters. The van der Waals surface area contributed by atoms with Crippen LogP contribution < -0.4 is 16.4 Å². The molecule has 0 heterocycles. The molecule has 0 fully saturated rings. The number of aliphatic hydroxyl groups excluding tert-OH is 1. The third-order valence-corrected chi connectivity index (χ3v) is 1.44. The van der Waals surface area contributed by atoms with Crippen molar-refractivity contribution in [2.24, 2.45) is 5.73 Å². The van der Waals surface area contributed by atoms with E-state index >= 15 is 0 Å². The lowest BCUT2D eigenvalue weighted by atomic mass is 10.2. The summed E-state index contributed by atoms with van der Waals surface area (Å²) in [4.78, 5) is 31.8. The van der Waals surface area contributed by atoms with Crippen molar-refractivity contribution in [2.45, 2.75) is 12.5 Å². The molecule has 3 amide bonds. The molecular formula is C7H13N3O5. The summed E-state index contributed by atoms with van der Waals surface area (Å²) in [6.07, 6.45) is -0.112. The summed E-state index contributed by atoms with van der Waals surface area (Å²) < 4.78 is 0. The van der Waals surface area contributed by atoms with Gasteiger partial charge < -0.3 is 26.6 Å². The molecular weight excluding hydrogens is 206 g/mol. The standard InChI is InChI=1S/C7H13N3O5/c8-5(12)3-9-7(15)10-4(1-2-11)6(13)14/h4,11H,1-3H2,(H2,8,12)(H,13,14)(H2,9,10,15)/t4-/m1/s1. The number of primary amides is 1. The van der Waals surface area contributed by atoms with Gasteiger partial charge in [0.25, 0.3) is 0 Å². The van der Waals surface area contributed by atoms with Gasteiger partial charge in [0.15, 0.2) is 0 Å². The van der Waals surface area contributed by atoms with Gasteiger partial charge in [0, 0.05) is 13.0 Å². The number of nitrogens with one attached hydrogen (secondary N) is 2. The second-order valence-corrected chi connectivity index (χ2v) is 2.70. The van der Waals surface area contributed by atoms with Crippen LogP contribution in [0.1, 0.15) is 6.42 Å². The lowest BCUT2D eigenvalue weighted by Crippen LogP contribution is -2.48. The quantitative estimate of drug-likeness (QED) is 0.338. The van der Waals surface area contributed by atoms with Gasteiger partial charge in [0.2, 0.25) is 5.91 Å². The fourth-order valence-electron chi connectivity index (χ4n) is 0.763. The SMILES string of the molecule is NC(=O)CNC(=O)N[C@H](CCO)C(=O)O. The lowest BCUT2D eigenvalue weighted by molar-refractivity contribution is -0.139. The zero-order valence-corrected chi connectivity index (χ0v) is 7.90. The smallest absolute Gasteiger partial charge is 0.326 e. The number of carbonyl (C=O) groups is 3. The number of rotatable bonds is 6. The van der Waals surface area contributed by atoms with Gasteiger partial charge in [0.1, 0.15) is 6.04 Å². The fraction of sp³-hybridized carbons (Fsp3) is 0.571. The third-order valence-electron chi connectivity index (χ3n) is 1.44. The molecule has 0 bridgehead atoms. The van der Waals surface area contributed by atoms with Gasteiger partial charge in [-0.3, -0.25) is 4.79 Å². The molecule has 0 saturated carbocycles. The largest absolute Gasteiger partial charge is 0.480 e. The second-order valence-electron chi connectivity index (χ2n) is 2.70. The molecule has 1 atom stereocenters. The third kappa shape index (κ3) is 6.27. The lowest BCUT2D eigenvalue weighted by Gasteiger charge is -2.13. The van der Waals surface area contributed by atoms with Gasteiger partial charge in [0.05, 0.1) is 6.54 Å². The Morgan fingerprint density at radius 3 is 2.33 bits per heavy atom. The summed E-state index contributed by atoms with van der Waals surface area (Å²) in [7, 11) is 0. The summed E-state index contributed by atoms with van der Waals surface area (Å²) in [6.45, 7) is -0.746. The molecule has 8 heteroatoms. The molecule has 0 aromatic carbocycles. The van der Waals surface area contributed by atoms with Crippen molar-refractivity contribution >= 4 is 17.9 Å². The van der Waals surface area contributed by atoms with E-state index in [0.29, 0.717) is 0 Å². The average molecular weight is 219 g/mol. The van der Waals surface area contributed by atoms with E-state index in [4.69, 9.17) is 15.9 Å². The first-order chi connectivity index (χ1) is 6.97. The number of carboxylic acids is 1. The molecule has 0 saturated heterocycles. The molecule has 0 aliphatic rings. The molecule has 86 valence electrons. The Kier molecular flexibility index (Phi) is 5.79. The van der Waals surface area contributed by atoms with Crippen LogP contribution in [0.2, 0.25) is 0 Å². The average Bonchev–Trinajstić information content (AvgIpc) is 2.14. The zero-order valence-electron chi connectivity index (χ0n) is 7.90. The highest BCUT2D eigenvalue weighted by Gasteiger charge is 2.18. The number of aliphatic carboxylic acids is 1. The Hall–Kier alpha value is -1.83. The summed E-state index contributed by atoms with van der Waals surface area (Å²) >= 11 is 0. The van der Waals surface area contributed by atoms with Gasteiger partial charge in [-0.15, -0.1) is 0 Å². The minimum atomic E-state index is -1.27. The maximum Gasteiger partial charge on any atom is 0.326 e. The highest BCUT2D eigenvalue weighted by molar-refractivity contribution is 5.85. The molecule has 0 radical (unpaired) electrons. The second kappa shape index (κ2) is 6.60. The zero-order chi connectivity index (χ0) is 11.8. The van der Waals surface area contributed by atoms with Crippen molar-refractivity contribution in [3.8, 4) is 0 Å². The van der Waals surface area contributed by atoms with Crippen molar-refractivity contribution in [1.29, 1.82) is 0 Å². The van der Waals surface area contributed by atoms with Crippen LogP contribution in [0.3, 0.4) is 0 Å². The van der Waals surface area contributed by atoms with Crippen LogP contribution in [0.15, 0.2) is 0 Å². The Morgan fingerprint density at radius 1 is 1.33 bits per heavy atom.